The summed E-state index contributed by atoms with van der Waals surface area (Å²) in [5.74, 6) is 0.181. The molecule has 3 nitrogen and oxygen atoms in total. The Morgan fingerprint density at radius 3 is 3.08 bits per heavy atom. The van der Waals surface area contributed by atoms with Crippen molar-refractivity contribution in [3.8, 4) is 5.75 Å². The van der Waals surface area contributed by atoms with Gasteiger partial charge in [-0.1, -0.05) is 6.07 Å². The van der Waals surface area contributed by atoms with Crippen LogP contribution < -0.4 is 9.92 Å². The van der Waals surface area contributed by atoms with E-state index in [1.165, 1.54) is 6.07 Å². The molecule has 1 aromatic rings. The summed E-state index contributed by atoms with van der Waals surface area (Å²) in [5.41, 5.74) is 5.70. The lowest BCUT2D eigenvalue weighted by molar-refractivity contribution is 0.593. The lowest BCUT2D eigenvalue weighted by atomic mass is 10.2. The van der Waals surface area contributed by atoms with Crippen molar-refractivity contribution in [1.82, 2.24) is 0 Å². The number of nitrogens with two attached hydrogens (primary N) is 1. The van der Waals surface area contributed by atoms with Crippen LogP contribution in [0, 0.1) is 5.82 Å². The number of hydrogen-bond acceptors (Lipinski definition) is 4. The molecule has 2 rings (SSSR count). The molecule has 0 bridgehead atoms. The first kappa shape index (κ1) is 7.42. The zero-order valence-corrected chi connectivity index (χ0v) is 6.77. The number of halogens is 1. The van der Waals surface area contributed by atoms with Gasteiger partial charge >= 0.3 is 0 Å². The molecule has 0 spiro atoms. The smallest absolute Gasteiger partial charge is 0.203 e. The Balaban J connectivity index is 2.64. The summed E-state index contributed by atoms with van der Waals surface area (Å²) in [6.45, 7) is 0. The maximum atomic E-state index is 13.1. The Labute approximate surface area is 72.8 Å². The maximum absolute atomic E-state index is 13.1. The number of nitrogens with zero attached hydrogens (tertiary/aromatic N) is 1. The van der Waals surface area contributed by atoms with E-state index in [0.717, 1.165) is 12.2 Å². The second-order valence-corrected chi connectivity index (χ2v) is 2.75. The highest BCUT2D eigenvalue weighted by Crippen LogP contribution is 2.29. The Kier molecular flexibility index (Phi) is 1.65. The van der Waals surface area contributed by atoms with Crippen LogP contribution in [0.25, 0.3) is 0 Å². The van der Waals surface area contributed by atoms with Crippen molar-refractivity contribution in [3.63, 3.8) is 0 Å². The molecule has 1 aliphatic rings. The molecule has 0 fully saturated rings. The minimum absolute atomic E-state index is 0.166. The number of fused-ring (bicyclic) bond motifs is 1. The summed E-state index contributed by atoms with van der Waals surface area (Å²) < 4.78 is 21.7. The van der Waals surface area contributed by atoms with Crippen molar-refractivity contribution in [2.45, 2.75) is 0 Å². The van der Waals surface area contributed by atoms with Crippen LogP contribution in [-0.2, 0) is 0 Å². The van der Waals surface area contributed by atoms with Gasteiger partial charge in [0, 0.05) is 0 Å². The van der Waals surface area contributed by atoms with Crippen LogP contribution in [0.1, 0.15) is 5.56 Å². The molecule has 1 aliphatic heterocycles. The van der Waals surface area contributed by atoms with Crippen LogP contribution in [0.5, 0.6) is 5.75 Å². The molecular formula is C7H5FN2OS. The van der Waals surface area contributed by atoms with Gasteiger partial charge < -0.3 is 9.92 Å². The van der Waals surface area contributed by atoms with Crippen molar-refractivity contribution in [2.24, 2.45) is 10.1 Å². The molecule has 1 heterocycles. The molecule has 0 radical (unpaired) electrons. The maximum Gasteiger partial charge on any atom is 0.203 e. The fourth-order valence-electron chi connectivity index (χ4n) is 0.967. The second-order valence-electron chi connectivity index (χ2n) is 2.25. The number of benzene rings is 1. The lowest BCUT2D eigenvalue weighted by Crippen LogP contribution is -2.18. The average molecular weight is 184 g/mol. The van der Waals surface area contributed by atoms with Gasteiger partial charge in [-0.2, -0.15) is 4.40 Å². The van der Waals surface area contributed by atoms with Gasteiger partial charge in [0.05, 0.1) is 5.56 Å². The molecular weight excluding hydrogens is 179 g/mol. The lowest BCUT2D eigenvalue weighted by Gasteiger charge is -2.12. The minimum atomic E-state index is -0.408. The summed E-state index contributed by atoms with van der Waals surface area (Å²) >= 11 is 0.851. The monoisotopic (exact) mass is 184 g/mol. The van der Waals surface area contributed by atoms with Crippen molar-refractivity contribution >= 4 is 18.1 Å². The topological polar surface area (TPSA) is 47.6 Å². The number of amidine groups is 1. The molecule has 62 valence electrons. The van der Waals surface area contributed by atoms with Crippen molar-refractivity contribution in [2.75, 3.05) is 0 Å². The summed E-state index contributed by atoms with van der Waals surface area (Å²) in [6, 6.07) is 4.53. The summed E-state index contributed by atoms with van der Waals surface area (Å²) in [5, 5.41) is 0. The van der Waals surface area contributed by atoms with Gasteiger partial charge in [0.25, 0.3) is 0 Å². The highest BCUT2D eigenvalue weighted by Gasteiger charge is 2.17. The van der Waals surface area contributed by atoms with E-state index in [0.29, 0.717) is 5.75 Å². The Hall–Kier alpha value is -1.23. The molecule has 0 saturated heterocycles. The summed E-state index contributed by atoms with van der Waals surface area (Å²) in [7, 11) is 0. The van der Waals surface area contributed by atoms with E-state index in [4.69, 9.17) is 9.92 Å². The molecule has 0 amide bonds. The number of hydrogen-bond donors (Lipinski definition) is 1. The van der Waals surface area contributed by atoms with Crippen molar-refractivity contribution < 1.29 is 8.57 Å². The van der Waals surface area contributed by atoms with Crippen LogP contribution in [-0.4, -0.2) is 5.84 Å². The molecule has 0 saturated carbocycles. The van der Waals surface area contributed by atoms with E-state index in [1.807, 2.05) is 0 Å². The first-order valence-corrected chi connectivity index (χ1v) is 3.95. The highest BCUT2D eigenvalue weighted by molar-refractivity contribution is 7.93. The van der Waals surface area contributed by atoms with Crippen molar-refractivity contribution in [1.29, 1.82) is 0 Å². The SMILES string of the molecule is NC1=NSOc2cccc(F)c21. The van der Waals surface area contributed by atoms with Crippen LogP contribution in [0.3, 0.4) is 0 Å². The second kappa shape index (κ2) is 2.67. The molecule has 0 aliphatic carbocycles. The third-order valence-electron chi connectivity index (χ3n) is 1.49. The van der Waals surface area contributed by atoms with Crippen LogP contribution in [0.4, 0.5) is 4.39 Å². The van der Waals surface area contributed by atoms with Gasteiger partial charge in [-0.25, -0.2) is 4.39 Å². The fraction of sp³-hybridized carbons (Fsp3) is 0. The largest absolute Gasteiger partial charge is 0.403 e. The molecule has 2 N–H and O–H groups in total. The summed E-state index contributed by atoms with van der Waals surface area (Å²) in [6.07, 6.45) is 0. The third-order valence-corrected chi connectivity index (χ3v) is 2.02. The first-order chi connectivity index (χ1) is 5.79. The minimum Gasteiger partial charge on any atom is -0.403 e. The molecule has 5 heteroatoms. The van der Waals surface area contributed by atoms with E-state index < -0.39 is 5.82 Å². The van der Waals surface area contributed by atoms with Crippen LogP contribution in [0.2, 0.25) is 0 Å². The fourth-order valence-corrected chi connectivity index (χ4v) is 1.39. The predicted octanol–water partition coefficient (Wildman–Crippen LogP) is 1.49. The van der Waals surface area contributed by atoms with Gasteiger partial charge in [-0.3, -0.25) is 0 Å². The normalized spacial score (nSPS) is 14.6. The zero-order valence-electron chi connectivity index (χ0n) is 5.95. The Bertz CT molecular complexity index is 353. The summed E-state index contributed by atoms with van der Waals surface area (Å²) in [4.78, 5) is 0. The predicted molar refractivity (Wildman–Crippen MR) is 45.3 cm³/mol. The first-order valence-electron chi connectivity index (χ1n) is 3.25. The highest BCUT2D eigenvalue weighted by atomic mass is 32.2. The van der Waals surface area contributed by atoms with Gasteiger partial charge in [-0.05, 0) is 12.1 Å². The van der Waals surface area contributed by atoms with E-state index in [-0.39, 0.29) is 11.4 Å². The van der Waals surface area contributed by atoms with E-state index >= 15 is 0 Å². The van der Waals surface area contributed by atoms with E-state index in [2.05, 4.69) is 4.40 Å². The quantitative estimate of drug-likeness (QED) is 0.490. The zero-order chi connectivity index (χ0) is 8.55. The Morgan fingerprint density at radius 1 is 1.50 bits per heavy atom. The molecule has 1 aromatic carbocycles. The van der Waals surface area contributed by atoms with Gasteiger partial charge in [0.2, 0.25) is 12.2 Å². The molecule has 0 atom stereocenters. The van der Waals surface area contributed by atoms with Crippen LogP contribution >= 0.6 is 12.2 Å². The molecule has 0 aromatic heterocycles. The van der Waals surface area contributed by atoms with E-state index in [1.54, 1.807) is 12.1 Å². The van der Waals surface area contributed by atoms with Crippen molar-refractivity contribution in [3.05, 3.63) is 29.6 Å². The third kappa shape index (κ3) is 1.02. The molecule has 12 heavy (non-hydrogen) atoms. The Morgan fingerprint density at radius 2 is 2.33 bits per heavy atom. The van der Waals surface area contributed by atoms with Gasteiger partial charge in [0.15, 0.2) is 5.75 Å². The standard InChI is InChI=1S/C7H5FN2OS/c8-4-2-1-3-5-6(4)7(9)10-12-11-5/h1-3H,(H2,9,10). The average Bonchev–Trinajstić information content (AvgIpc) is 2.04. The number of rotatable bonds is 0. The molecule has 0 unspecified atom stereocenters. The van der Waals surface area contributed by atoms with Crippen LogP contribution in [0.15, 0.2) is 22.6 Å². The van der Waals surface area contributed by atoms with Gasteiger partial charge in [-0.15, -0.1) is 0 Å². The van der Waals surface area contributed by atoms with E-state index in [9.17, 15) is 4.39 Å². The van der Waals surface area contributed by atoms with Gasteiger partial charge in [0.1, 0.15) is 11.7 Å².